The predicted octanol–water partition coefficient (Wildman–Crippen LogP) is 2.55. The number of piperidine rings is 1. The zero-order chi connectivity index (χ0) is 17.1. The second kappa shape index (κ2) is 6.80. The first-order chi connectivity index (χ1) is 12.3. The average Bonchev–Trinajstić information content (AvgIpc) is 3.19. The number of carbonyl (C=O) groups is 1. The third-order valence-electron chi connectivity index (χ3n) is 4.38. The largest absolute Gasteiger partial charge is 0.337 e. The number of pyridine rings is 2. The fourth-order valence-corrected chi connectivity index (χ4v) is 3.00. The van der Waals surface area contributed by atoms with Crippen molar-refractivity contribution >= 4 is 5.91 Å². The predicted molar refractivity (Wildman–Crippen MR) is 89.6 cm³/mol. The maximum Gasteiger partial charge on any atom is 0.272 e. The zero-order valence-corrected chi connectivity index (χ0v) is 13.6. The zero-order valence-electron chi connectivity index (χ0n) is 13.6. The van der Waals surface area contributed by atoms with Crippen LogP contribution in [0.1, 0.15) is 35.1 Å². The molecule has 3 aromatic rings. The molecule has 4 heterocycles. The van der Waals surface area contributed by atoms with Crippen molar-refractivity contribution in [2.24, 2.45) is 0 Å². The lowest BCUT2D eigenvalue weighted by Crippen LogP contribution is -2.38. The van der Waals surface area contributed by atoms with Gasteiger partial charge >= 0.3 is 0 Å². The van der Waals surface area contributed by atoms with E-state index in [4.69, 9.17) is 4.52 Å². The fraction of sp³-hybridized carbons (Fsp3) is 0.278. The van der Waals surface area contributed by atoms with Crippen molar-refractivity contribution in [3.05, 3.63) is 60.4 Å². The molecule has 0 saturated carbocycles. The number of rotatable bonds is 3. The molecule has 0 aliphatic carbocycles. The number of amides is 1. The summed E-state index contributed by atoms with van der Waals surface area (Å²) in [5, 5.41) is 4.11. The summed E-state index contributed by atoms with van der Waals surface area (Å²) in [5.74, 6) is 1.35. The van der Waals surface area contributed by atoms with Crippen molar-refractivity contribution in [1.82, 2.24) is 25.0 Å². The lowest BCUT2D eigenvalue weighted by atomic mass is 9.96. The van der Waals surface area contributed by atoms with Gasteiger partial charge in [0.25, 0.3) is 11.8 Å². The van der Waals surface area contributed by atoms with Crippen molar-refractivity contribution in [1.29, 1.82) is 0 Å². The number of aromatic nitrogens is 4. The van der Waals surface area contributed by atoms with E-state index in [0.717, 1.165) is 18.4 Å². The maximum absolute atomic E-state index is 12.4. The van der Waals surface area contributed by atoms with Crippen molar-refractivity contribution in [2.45, 2.75) is 18.8 Å². The number of hydrogen-bond donors (Lipinski definition) is 0. The van der Waals surface area contributed by atoms with Crippen LogP contribution < -0.4 is 0 Å². The van der Waals surface area contributed by atoms with Crippen molar-refractivity contribution in [3.8, 4) is 11.5 Å². The Kier molecular flexibility index (Phi) is 4.20. The summed E-state index contributed by atoms with van der Waals surface area (Å²) in [7, 11) is 0. The van der Waals surface area contributed by atoms with Gasteiger partial charge in [0.15, 0.2) is 5.82 Å². The first kappa shape index (κ1) is 15.4. The molecule has 25 heavy (non-hydrogen) atoms. The Morgan fingerprint density at radius 1 is 1.12 bits per heavy atom. The van der Waals surface area contributed by atoms with E-state index in [-0.39, 0.29) is 11.8 Å². The van der Waals surface area contributed by atoms with Gasteiger partial charge in [-0.2, -0.15) is 4.98 Å². The molecule has 7 heteroatoms. The third kappa shape index (κ3) is 3.26. The van der Waals surface area contributed by atoms with Crippen LogP contribution in [0, 0.1) is 0 Å². The van der Waals surface area contributed by atoms with Crippen molar-refractivity contribution in [3.63, 3.8) is 0 Å². The molecule has 0 radical (unpaired) electrons. The van der Waals surface area contributed by atoms with Gasteiger partial charge in [-0.25, -0.2) is 0 Å². The molecule has 0 atom stereocenters. The highest BCUT2D eigenvalue weighted by Crippen LogP contribution is 2.28. The van der Waals surface area contributed by atoms with Crippen LogP contribution >= 0.6 is 0 Å². The summed E-state index contributed by atoms with van der Waals surface area (Å²) in [6.45, 7) is 1.33. The smallest absolute Gasteiger partial charge is 0.272 e. The van der Waals surface area contributed by atoms with Gasteiger partial charge in [-0.1, -0.05) is 11.2 Å². The van der Waals surface area contributed by atoms with Crippen LogP contribution in [0.3, 0.4) is 0 Å². The molecule has 0 spiro atoms. The van der Waals surface area contributed by atoms with Crippen molar-refractivity contribution in [2.75, 3.05) is 13.1 Å². The molecule has 126 valence electrons. The molecule has 1 saturated heterocycles. The van der Waals surface area contributed by atoms with Crippen LogP contribution in [-0.2, 0) is 0 Å². The van der Waals surface area contributed by atoms with E-state index in [1.54, 1.807) is 30.7 Å². The first-order valence-electron chi connectivity index (χ1n) is 8.25. The Bertz CT molecular complexity index is 842. The summed E-state index contributed by atoms with van der Waals surface area (Å²) in [6.07, 6.45) is 6.66. The summed E-state index contributed by atoms with van der Waals surface area (Å²) in [5.41, 5.74) is 1.29. The van der Waals surface area contributed by atoms with E-state index in [1.807, 2.05) is 23.1 Å². The second-order valence-corrected chi connectivity index (χ2v) is 5.98. The second-order valence-electron chi connectivity index (χ2n) is 5.98. The van der Waals surface area contributed by atoms with E-state index in [1.165, 1.54) is 0 Å². The van der Waals surface area contributed by atoms with Gasteiger partial charge in [0.1, 0.15) is 5.69 Å². The Hall–Kier alpha value is -3.09. The summed E-state index contributed by atoms with van der Waals surface area (Å²) >= 11 is 0. The van der Waals surface area contributed by atoms with Crippen molar-refractivity contribution < 1.29 is 9.32 Å². The minimum atomic E-state index is -0.0248. The highest BCUT2D eigenvalue weighted by Gasteiger charge is 2.28. The van der Waals surface area contributed by atoms with Crippen LogP contribution in [0.25, 0.3) is 11.5 Å². The molecule has 0 unspecified atom stereocenters. The topological polar surface area (TPSA) is 85.0 Å². The molecule has 1 amide bonds. The quantitative estimate of drug-likeness (QED) is 0.731. The van der Waals surface area contributed by atoms with E-state index in [0.29, 0.717) is 30.5 Å². The number of carbonyl (C=O) groups excluding carboxylic acids is 1. The number of nitrogens with zero attached hydrogens (tertiary/aromatic N) is 5. The fourth-order valence-electron chi connectivity index (χ4n) is 3.00. The molecule has 0 aromatic carbocycles. The molecule has 3 aromatic heterocycles. The van der Waals surface area contributed by atoms with E-state index in [2.05, 4.69) is 20.1 Å². The maximum atomic E-state index is 12.4. The monoisotopic (exact) mass is 335 g/mol. The standard InChI is InChI=1S/C18H17N5O2/c24-18(15-5-1-2-9-20-15)23-10-6-13(7-11-23)16-21-17(25-22-16)14-4-3-8-19-12-14/h1-5,8-9,12-13H,6-7,10-11H2. The molecule has 1 fully saturated rings. The van der Waals surface area contributed by atoms with Gasteiger partial charge in [0, 0.05) is 37.6 Å². The average molecular weight is 335 g/mol. The summed E-state index contributed by atoms with van der Waals surface area (Å²) in [6, 6.07) is 9.10. The Morgan fingerprint density at radius 3 is 2.72 bits per heavy atom. The molecule has 0 bridgehead atoms. The Balaban J connectivity index is 1.41. The number of hydrogen-bond acceptors (Lipinski definition) is 6. The van der Waals surface area contributed by atoms with E-state index in [9.17, 15) is 4.79 Å². The minimum Gasteiger partial charge on any atom is -0.337 e. The molecule has 4 rings (SSSR count). The lowest BCUT2D eigenvalue weighted by Gasteiger charge is -2.30. The highest BCUT2D eigenvalue weighted by molar-refractivity contribution is 5.92. The van der Waals surface area contributed by atoms with Crippen LogP contribution in [-0.4, -0.2) is 44.0 Å². The Labute approximate surface area is 144 Å². The first-order valence-corrected chi connectivity index (χ1v) is 8.25. The molecule has 7 nitrogen and oxygen atoms in total. The van der Waals surface area contributed by atoms with Gasteiger partial charge in [0.2, 0.25) is 0 Å². The van der Waals surface area contributed by atoms with Gasteiger partial charge in [-0.3, -0.25) is 14.8 Å². The van der Waals surface area contributed by atoms with Crippen LogP contribution in [0.4, 0.5) is 0 Å². The van der Waals surface area contributed by atoms with Gasteiger partial charge in [0.05, 0.1) is 5.56 Å². The summed E-state index contributed by atoms with van der Waals surface area (Å²) in [4.78, 5) is 27.0. The normalized spacial score (nSPS) is 15.3. The van der Waals surface area contributed by atoms with E-state index >= 15 is 0 Å². The SMILES string of the molecule is O=C(c1ccccn1)N1CCC(c2noc(-c3cccnc3)n2)CC1. The third-order valence-corrected chi connectivity index (χ3v) is 4.38. The van der Waals surface area contributed by atoms with Crippen LogP contribution in [0.5, 0.6) is 0 Å². The molecule has 1 aliphatic rings. The highest BCUT2D eigenvalue weighted by atomic mass is 16.5. The molecule has 0 N–H and O–H groups in total. The van der Waals surface area contributed by atoms with Gasteiger partial charge in [-0.15, -0.1) is 0 Å². The molecular weight excluding hydrogens is 318 g/mol. The summed E-state index contributed by atoms with van der Waals surface area (Å²) < 4.78 is 5.36. The molecule has 1 aliphatic heterocycles. The minimum absolute atomic E-state index is 0.0248. The molecular formula is C18H17N5O2. The van der Waals surface area contributed by atoms with Crippen LogP contribution in [0.2, 0.25) is 0 Å². The lowest BCUT2D eigenvalue weighted by molar-refractivity contribution is 0.0704. The van der Waals surface area contributed by atoms with E-state index < -0.39 is 0 Å². The van der Waals surface area contributed by atoms with Gasteiger partial charge < -0.3 is 9.42 Å². The van der Waals surface area contributed by atoms with Crippen LogP contribution in [0.15, 0.2) is 53.4 Å². The number of likely N-dealkylation sites (tertiary alicyclic amines) is 1. The van der Waals surface area contributed by atoms with Gasteiger partial charge in [-0.05, 0) is 37.1 Å². The Morgan fingerprint density at radius 2 is 2.00 bits per heavy atom.